The standard InChI is InChI=1S/C15H16N4S/c1-2-12-3-4-13(20-12)9-19-10-17-8-14(19)11-5-6-18-15(16)7-11/h3-8,10H,2,9H2,1H3,(H2,16,18). The monoisotopic (exact) mass is 284 g/mol. The Morgan fingerprint density at radius 1 is 1.25 bits per heavy atom. The first-order valence-corrected chi connectivity index (χ1v) is 7.37. The molecule has 0 atom stereocenters. The van der Waals surface area contributed by atoms with Gasteiger partial charge in [-0.3, -0.25) is 0 Å². The molecule has 3 aromatic heterocycles. The molecule has 0 aliphatic rings. The van der Waals surface area contributed by atoms with Crippen LogP contribution in [0.3, 0.4) is 0 Å². The summed E-state index contributed by atoms with van der Waals surface area (Å²) in [7, 11) is 0. The lowest BCUT2D eigenvalue weighted by atomic mass is 10.2. The third-order valence-electron chi connectivity index (χ3n) is 3.18. The third kappa shape index (κ3) is 2.58. The molecule has 5 heteroatoms. The Kier molecular flexibility index (Phi) is 3.52. The van der Waals surface area contributed by atoms with Gasteiger partial charge in [-0.2, -0.15) is 0 Å². The van der Waals surface area contributed by atoms with Crippen LogP contribution in [0.5, 0.6) is 0 Å². The topological polar surface area (TPSA) is 56.7 Å². The predicted molar refractivity (Wildman–Crippen MR) is 82.7 cm³/mol. The molecule has 0 saturated heterocycles. The number of aryl methyl sites for hydroxylation is 1. The van der Waals surface area contributed by atoms with Crippen molar-refractivity contribution in [2.24, 2.45) is 0 Å². The summed E-state index contributed by atoms with van der Waals surface area (Å²) in [5.74, 6) is 0.527. The minimum atomic E-state index is 0.527. The highest BCUT2D eigenvalue weighted by Gasteiger charge is 2.07. The number of nitrogens with two attached hydrogens (primary N) is 1. The molecule has 0 aliphatic heterocycles. The minimum Gasteiger partial charge on any atom is -0.384 e. The van der Waals surface area contributed by atoms with Crippen LogP contribution >= 0.6 is 11.3 Å². The predicted octanol–water partition coefficient (Wildman–Crippen LogP) is 3.20. The van der Waals surface area contributed by atoms with Crippen LogP contribution in [0.15, 0.2) is 43.0 Å². The summed E-state index contributed by atoms with van der Waals surface area (Å²) in [6, 6.07) is 8.21. The molecular formula is C15H16N4S. The van der Waals surface area contributed by atoms with Crippen molar-refractivity contribution in [2.45, 2.75) is 19.9 Å². The van der Waals surface area contributed by atoms with Gasteiger partial charge in [-0.1, -0.05) is 6.92 Å². The quantitative estimate of drug-likeness (QED) is 0.800. The lowest BCUT2D eigenvalue weighted by molar-refractivity contribution is 0.817. The molecule has 0 amide bonds. The fraction of sp³-hybridized carbons (Fsp3) is 0.200. The number of pyridine rings is 1. The van der Waals surface area contributed by atoms with Crippen LogP contribution in [0.1, 0.15) is 16.7 Å². The fourth-order valence-electron chi connectivity index (χ4n) is 2.16. The molecule has 20 heavy (non-hydrogen) atoms. The van der Waals surface area contributed by atoms with Crippen molar-refractivity contribution in [3.63, 3.8) is 0 Å². The minimum absolute atomic E-state index is 0.527. The molecule has 102 valence electrons. The van der Waals surface area contributed by atoms with Crippen LogP contribution in [0.2, 0.25) is 0 Å². The molecule has 3 heterocycles. The molecular weight excluding hydrogens is 268 g/mol. The molecule has 0 aliphatic carbocycles. The third-order valence-corrected chi connectivity index (χ3v) is 4.40. The largest absolute Gasteiger partial charge is 0.384 e. The highest BCUT2D eigenvalue weighted by molar-refractivity contribution is 7.11. The Balaban J connectivity index is 1.90. The molecule has 3 aromatic rings. The molecule has 0 aromatic carbocycles. The molecule has 3 rings (SSSR count). The molecule has 0 fully saturated rings. The first-order chi connectivity index (χ1) is 9.76. The number of rotatable bonds is 4. The number of thiophene rings is 1. The Hall–Kier alpha value is -2.14. The molecule has 0 bridgehead atoms. The van der Waals surface area contributed by atoms with E-state index in [0.717, 1.165) is 24.2 Å². The van der Waals surface area contributed by atoms with Gasteiger partial charge in [0.2, 0.25) is 0 Å². The Labute approximate surface area is 121 Å². The number of aromatic nitrogens is 3. The van der Waals surface area contributed by atoms with Gasteiger partial charge in [-0.15, -0.1) is 11.3 Å². The number of anilines is 1. The van der Waals surface area contributed by atoms with E-state index < -0.39 is 0 Å². The smallest absolute Gasteiger partial charge is 0.123 e. The number of nitrogens with zero attached hydrogens (tertiary/aromatic N) is 3. The zero-order valence-electron chi connectivity index (χ0n) is 11.3. The van der Waals surface area contributed by atoms with Crippen LogP contribution in [-0.4, -0.2) is 14.5 Å². The van der Waals surface area contributed by atoms with Crippen LogP contribution in [-0.2, 0) is 13.0 Å². The van der Waals surface area contributed by atoms with E-state index in [4.69, 9.17) is 5.73 Å². The van der Waals surface area contributed by atoms with Gasteiger partial charge >= 0.3 is 0 Å². The van der Waals surface area contributed by atoms with Crippen LogP contribution in [0.25, 0.3) is 11.3 Å². The van der Waals surface area contributed by atoms with E-state index in [0.29, 0.717) is 5.82 Å². The van der Waals surface area contributed by atoms with E-state index in [-0.39, 0.29) is 0 Å². The number of imidazole rings is 1. The average Bonchev–Trinajstić information content (AvgIpc) is 3.08. The second-order valence-electron chi connectivity index (χ2n) is 4.60. The molecule has 0 saturated carbocycles. The van der Waals surface area contributed by atoms with E-state index in [9.17, 15) is 0 Å². The van der Waals surface area contributed by atoms with Gasteiger partial charge in [0, 0.05) is 21.5 Å². The van der Waals surface area contributed by atoms with Gasteiger partial charge in [0.15, 0.2) is 0 Å². The van der Waals surface area contributed by atoms with E-state index in [2.05, 4.69) is 33.6 Å². The summed E-state index contributed by atoms with van der Waals surface area (Å²) in [5.41, 5.74) is 7.85. The fourth-order valence-corrected chi connectivity index (χ4v) is 3.12. The summed E-state index contributed by atoms with van der Waals surface area (Å²) in [4.78, 5) is 11.0. The van der Waals surface area contributed by atoms with E-state index in [1.807, 2.05) is 36.0 Å². The van der Waals surface area contributed by atoms with Gasteiger partial charge < -0.3 is 10.3 Å². The van der Waals surface area contributed by atoms with Crippen LogP contribution in [0.4, 0.5) is 5.82 Å². The first kappa shape index (κ1) is 12.9. The van der Waals surface area contributed by atoms with Gasteiger partial charge in [0.05, 0.1) is 24.8 Å². The lowest BCUT2D eigenvalue weighted by Crippen LogP contribution is -1.99. The maximum Gasteiger partial charge on any atom is 0.123 e. The number of hydrogen-bond acceptors (Lipinski definition) is 4. The van der Waals surface area contributed by atoms with Crippen molar-refractivity contribution in [3.05, 3.63) is 52.7 Å². The van der Waals surface area contributed by atoms with Crippen LogP contribution < -0.4 is 5.73 Å². The summed E-state index contributed by atoms with van der Waals surface area (Å²) >= 11 is 1.85. The summed E-state index contributed by atoms with van der Waals surface area (Å²) in [6.07, 6.45) is 6.53. The number of hydrogen-bond donors (Lipinski definition) is 1. The summed E-state index contributed by atoms with van der Waals surface area (Å²) < 4.78 is 2.14. The van der Waals surface area contributed by atoms with Gasteiger partial charge in [-0.05, 0) is 30.7 Å². The Bertz CT molecular complexity index is 714. The van der Waals surface area contributed by atoms with E-state index >= 15 is 0 Å². The molecule has 4 nitrogen and oxygen atoms in total. The second-order valence-corrected chi connectivity index (χ2v) is 5.85. The first-order valence-electron chi connectivity index (χ1n) is 6.56. The zero-order valence-corrected chi connectivity index (χ0v) is 12.1. The maximum absolute atomic E-state index is 5.75. The Morgan fingerprint density at radius 2 is 2.10 bits per heavy atom. The van der Waals surface area contributed by atoms with Crippen molar-refractivity contribution < 1.29 is 0 Å². The molecule has 0 spiro atoms. The molecule has 0 unspecified atom stereocenters. The van der Waals surface area contributed by atoms with Crippen molar-refractivity contribution in [3.8, 4) is 11.3 Å². The summed E-state index contributed by atoms with van der Waals surface area (Å²) in [5, 5.41) is 0. The molecule has 0 radical (unpaired) electrons. The Morgan fingerprint density at radius 3 is 2.85 bits per heavy atom. The van der Waals surface area contributed by atoms with Crippen molar-refractivity contribution in [1.82, 2.24) is 14.5 Å². The van der Waals surface area contributed by atoms with Gasteiger partial charge in [0.1, 0.15) is 5.82 Å². The normalized spacial score (nSPS) is 10.8. The maximum atomic E-state index is 5.75. The second kappa shape index (κ2) is 5.46. The molecule has 2 N–H and O–H groups in total. The van der Waals surface area contributed by atoms with Crippen LogP contribution in [0, 0.1) is 0 Å². The van der Waals surface area contributed by atoms with Gasteiger partial charge in [-0.25, -0.2) is 9.97 Å². The van der Waals surface area contributed by atoms with Crippen molar-refractivity contribution in [2.75, 3.05) is 5.73 Å². The lowest BCUT2D eigenvalue weighted by Gasteiger charge is -2.07. The van der Waals surface area contributed by atoms with Crippen molar-refractivity contribution >= 4 is 17.2 Å². The van der Waals surface area contributed by atoms with Crippen molar-refractivity contribution in [1.29, 1.82) is 0 Å². The summed E-state index contributed by atoms with van der Waals surface area (Å²) in [6.45, 7) is 3.01. The zero-order chi connectivity index (χ0) is 13.9. The SMILES string of the molecule is CCc1ccc(Cn2cncc2-c2ccnc(N)c2)s1. The average molecular weight is 284 g/mol. The number of nitrogen functional groups attached to an aromatic ring is 1. The van der Waals surface area contributed by atoms with E-state index in [1.54, 1.807) is 6.20 Å². The highest BCUT2D eigenvalue weighted by atomic mass is 32.1. The van der Waals surface area contributed by atoms with E-state index in [1.165, 1.54) is 9.75 Å². The highest BCUT2D eigenvalue weighted by Crippen LogP contribution is 2.23. The van der Waals surface area contributed by atoms with Gasteiger partial charge in [0.25, 0.3) is 0 Å².